The lowest BCUT2D eigenvalue weighted by Crippen LogP contribution is -2.52. The van der Waals surface area contributed by atoms with Crippen molar-refractivity contribution in [2.75, 3.05) is 19.7 Å². The molecule has 0 saturated carbocycles. The predicted molar refractivity (Wildman–Crippen MR) is 82.2 cm³/mol. The van der Waals surface area contributed by atoms with E-state index in [4.69, 9.17) is 4.74 Å². The largest absolute Gasteiger partial charge is 0.366 e. The number of carbonyl (C=O) groups excluding carboxylic acids is 1. The summed E-state index contributed by atoms with van der Waals surface area (Å²) < 4.78 is 5.47. The van der Waals surface area contributed by atoms with E-state index in [9.17, 15) is 4.79 Å². The number of halogens is 1. The van der Waals surface area contributed by atoms with E-state index in [1.807, 2.05) is 26.0 Å². The fraction of sp³-hybridized carbons (Fsp3) is 0.533. The summed E-state index contributed by atoms with van der Waals surface area (Å²) in [6.45, 7) is 8.05. The molecule has 1 saturated heterocycles. The highest BCUT2D eigenvalue weighted by Crippen LogP contribution is 2.21. The first kappa shape index (κ1) is 17.0. The normalized spacial score (nSPS) is 19.1. The summed E-state index contributed by atoms with van der Waals surface area (Å²) in [5, 5.41) is 6.23. The Morgan fingerprint density at radius 1 is 1.45 bits per heavy atom. The Hall–Kier alpha value is -1.10. The van der Waals surface area contributed by atoms with Gasteiger partial charge in [-0.1, -0.05) is 29.8 Å². The van der Waals surface area contributed by atoms with Crippen LogP contribution >= 0.6 is 12.4 Å². The number of benzene rings is 1. The highest BCUT2D eigenvalue weighted by molar-refractivity contribution is 5.85. The van der Waals surface area contributed by atoms with Gasteiger partial charge in [0, 0.05) is 13.1 Å². The second-order valence-corrected chi connectivity index (χ2v) is 5.55. The zero-order valence-electron chi connectivity index (χ0n) is 12.2. The lowest BCUT2D eigenvalue weighted by Gasteiger charge is -2.31. The van der Waals surface area contributed by atoms with Gasteiger partial charge in [0.1, 0.15) is 6.10 Å². The third-order valence-corrected chi connectivity index (χ3v) is 3.40. The minimum Gasteiger partial charge on any atom is -0.366 e. The molecule has 0 aromatic heterocycles. The van der Waals surface area contributed by atoms with Crippen molar-refractivity contribution in [3.05, 3.63) is 35.4 Å². The van der Waals surface area contributed by atoms with Crippen LogP contribution in [0.3, 0.4) is 0 Å². The van der Waals surface area contributed by atoms with E-state index in [0.717, 1.165) is 12.1 Å². The van der Waals surface area contributed by atoms with Crippen LogP contribution in [0.25, 0.3) is 0 Å². The van der Waals surface area contributed by atoms with Gasteiger partial charge in [-0.25, -0.2) is 0 Å². The van der Waals surface area contributed by atoms with Crippen molar-refractivity contribution in [3.8, 4) is 0 Å². The van der Waals surface area contributed by atoms with Gasteiger partial charge in [0.05, 0.1) is 12.1 Å². The minimum atomic E-state index is -0.399. The minimum absolute atomic E-state index is 0. The van der Waals surface area contributed by atoms with Gasteiger partial charge in [0.2, 0.25) is 0 Å². The fourth-order valence-electron chi connectivity index (χ4n) is 2.23. The van der Waals surface area contributed by atoms with E-state index in [1.165, 1.54) is 5.56 Å². The molecule has 1 aromatic rings. The highest BCUT2D eigenvalue weighted by Gasteiger charge is 2.28. The van der Waals surface area contributed by atoms with Crippen molar-refractivity contribution < 1.29 is 9.53 Å². The number of hydrogen-bond donors (Lipinski definition) is 2. The molecule has 112 valence electrons. The number of aryl methyl sites for hydroxylation is 1. The molecule has 4 nitrogen and oxygen atoms in total. The van der Waals surface area contributed by atoms with Gasteiger partial charge >= 0.3 is 0 Å². The van der Waals surface area contributed by atoms with Gasteiger partial charge in [0.25, 0.3) is 5.91 Å². The third-order valence-electron chi connectivity index (χ3n) is 3.40. The average molecular weight is 299 g/mol. The summed E-state index contributed by atoms with van der Waals surface area (Å²) >= 11 is 0. The molecule has 1 unspecified atom stereocenters. The number of morpholine rings is 1. The van der Waals surface area contributed by atoms with Crippen LogP contribution in [0.5, 0.6) is 0 Å². The molecule has 0 radical (unpaired) electrons. The molecule has 5 heteroatoms. The van der Waals surface area contributed by atoms with Gasteiger partial charge in [0.15, 0.2) is 0 Å². The van der Waals surface area contributed by atoms with E-state index < -0.39 is 11.6 Å². The van der Waals surface area contributed by atoms with Gasteiger partial charge in [-0.15, -0.1) is 12.4 Å². The van der Waals surface area contributed by atoms with Crippen molar-refractivity contribution in [3.63, 3.8) is 0 Å². The molecule has 1 heterocycles. The quantitative estimate of drug-likeness (QED) is 0.894. The molecule has 0 bridgehead atoms. The van der Waals surface area contributed by atoms with Crippen LogP contribution in [0, 0.1) is 6.92 Å². The Labute approximate surface area is 126 Å². The van der Waals surface area contributed by atoms with Crippen molar-refractivity contribution in [1.29, 1.82) is 0 Å². The molecule has 1 amide bonds. The van der Waals surface area contributed by atoms with E-state index in [0.29, 0.717) is 13.2 Å². The Balaban J connectivity index is 0.00000200. The SMILES string of the molecule is Cc1cccc(C(C)(C)NC(=O)C2CNCCO2)c1.Cl. The molecule has 2 rings (SSSR count). The van der Waals surface area contributed by atoms with E-state index in [1.54, 1.807) is 0 Å². The molecular weight excluding hydrogens is 276 g/mol. The van der Waals surface area contributed by atoms with Gasteiger partial charge < -0.3 is 15.4 Å². The molecule has 1 aromatic carbocycles. The van der Waals surface area contributed by atoms with Crippen LogP contribution < -0.4 is 10.6 Å². The van der Waals surface area contributed by atoms with Crippen molar-refractivity contribution >= 4 is 18.3 Å². The first-order chi connectivity index (χ1) is 8.99. The third kappa shape index (κ3) is 4.20. The van der Waals surface area contributed by atoms with Gasteiger partial charge in [-0.3, -0.25) is 4.79 Å². The fourth-order valence-corrected chi connectivity index (χ4v) is 2.23. The van der Waals surface area contributed by atoms with E-state index >= 15 is 0 Å². The molecule has 0 spiro atoms. The number of nitrogens with one attached hydrogen (secondary N) is 2. The monoisotopic (exact) mass is 298 g/mol. The molecule has 1 aliphatic heterocycles. The molecule has 20 heavy (non-hydrogen) atoms. The first-order valence-corrected chi connectivity index (χ1v) is 6.70. The Bertz CT molecular complexity index is 457. The van der Waals surface area contributed by atoms with E-state index in [2.05, 4.69) is 29.7 Å². The first-order valence-electron chi connectivity index (χ1n) is 6.70. The number of hydrogen-bond acceptors (Lipinski definition) is 3. The zero-order valence-corrected chi connectivity index (χ0v) is 13.0. The lowest BCUT2D eigenvalue weighted by atomic mass is 9.92. The summed E-state index contributed by atoms with van der Waals surface area (Å²) in [5.41, 5.74) is 1.89. The van der Waals surface area contributed by atoms with Crippen molar-refractivity contribution in [1.82, 2.24) is 10.6 Å². The maximum Gasteiger partial charge on any atom is 0.251 e. The molecule has 1 aliphatic rings. The lowest BCUT2D eigenvalue weighted by molar-refractivity contribution is -0.136. The summed E-state index contributed by atoms with van der Waals surface area (Å²) in [6.07, 6.45) is -0.391. The summed E-state index contributed by atoms with van der Waals surface area (Å²) in [7, 11) is 0. The van der Waals surface area contributed by atoms with E-state index in [-0.39, 0.29) is 18.3 Å². The van der Waals surface area contributed by atoms with Gasteiger partial charge in [-0.2, -0.15) is 0 Å². The number of rotatable bonds is 3. The van der Waals surface area contributed by atoms with Crippen LogP contribution in [0.15, 0.2) is 24.3 Å². The number of ether oxygens (including phenoxy) is 1. The highest BCUT2D eigenvalue weighted by atomic mass is 35.5. The standard InChI is InChI=1S/C15H22N2O2.ClH/c1-11-5-4-6-12(9-11)15(2,3)17-14(18)13-10-16-7-8-19-13;/h4-6,9,13,16H,7-8,10H2,1-3H3,(H,17,18);1H. The topological polar surface area (TPSA) is 50.4 Å². The second-order valence-electron chi connectivity index (χ2n) is 5.55. The van der Waals surface area contributed by atoms with Crippen LogP contribution in [-0.2, 0) is 15.1 Å². The molecule has 1 atom stereocenters. The maximum atomic E-state index is 12.2. The molecule has 0 aliphatic carbocycles. The van der Waals surface area contributed by atoms with Gasteiger partial charge in [-0.05, 0) is 26.3 Å². The molecule has 2 N–H and O–H groups in total. The average Bonchev–Trinajstić information content (AvgIpc) is 2.39. The maximum absolute atomic E-state index is 12.2. The Morgan fingerprint density at radius 3 is 2.80 bits per heavy atom. The smallest absolute Gasteiger partial charge is 0.251 e. The number of amides is 1. The second kappa shape index (κ2) is 7.07. The summed E-state index contributed by atoms with van der Waals surface area (Å²) in [6, 6.07) is 8.19. The number of carbonyl (C=O) groups is 1. The van der Waals surface area contributed by atoms with Crippen LogP contribution in [0.4, 0.5) is 0 Å². The summed E-state index contributed by atoms with van der Waals surface area (Å²) in [5.74, 6) is -0.0568. The zero-order chi connectivity index (χ0) is 13.9. The molecule has 1 fully saturated rings. The van der Waals surface area contributed by atoms with Crippen molar-refractivity contribution in [2.24, 2.45) is 0 Å². The van der Waals surface area contributed by atoms with Crippen molar-refractivity contribution in [2.45, 2.75) is 32.4 Å². The Morgan fingerprint density at radius 2 is 2.20 bits per heavy atom. The van der Waals surface area contributed by atoms with Crippen LogP contribution in [0.1, 0.15) is 25.0 Å². The van der Waals surface area contributed by atoms with Crippen LogP contribution in [0.2, 0.25) is 0 Å². The Kier molecular flexibility index (Phi) is 5.99. The predicted octanol–water partition coefficient (Wildman–Crippen LogP) is 1.76. The summed E-state index contributed by atoms with van der Waals surface area (Å²) in [4.78, 5) is 12.2. The van der Waals surface area contributed by atoms with Crippen LogP contribution in [-0.4, -0.2) is 31.7 Å². The molecular formula is C15H23ClN2O2.